The number of carbonyl (C=O) groups is 4. The maximum absolute atomic E-state index is 11.2. The molecule has 0 spiro atoms. The maximum Gasteiger partial charge on any atom is 0.328 e. The third kappa shape index (κ3) is 6.88. The smallest absolute Gasteiger partial charge is 0.328 e. The van der Waals surface area contributed by atoms with Gasteiger partial charge < -0.3 is 20.9 Å². The molecule has 0 saturated heterocycles. The summed E-state index contributed by atoms with van der Waals surface area (Å²) in [5, 5.41) is 10.5. The number of carbonyl (C=O) groups excluding carboxylic acids is 3. The van der Waals surface area contributed by atoms with Gasteiger partial charge in [0.25, 0.3) is 0 Å². The van der Waals surface area contributed by atoms with Crippen molar-refractivity contribution < 1.29 is 29.0 Å². The van der Waals surface area contributed by atoms with E-state index in [1.165, 1.54) is 0 Å². The lowest BCUT2D eigenvalue weighted by molar-refractivity contribution is -0.146. The van der Waals surface area contributed by atoms with Crippen LogP contribution in [-0.4, -0.2) is 42.0 Å². The van der Waals surface area contributed by atoms with Gasteiger partial charge in [0.15, 0.2) is 0 Å². The van der Waals surface area contributed by atoms with Gasteiger partial charge in [-0.15, -0.1) is 0 Å². The van der Waals surface area contributed by atoms with Crippen LogP contribution in [0.2, 0.25) is 0 Å². The normalized spacial score (nSPS) is 11.4. The Hall–Kier alpha value is -2.12. The lowest BCUT2D eigenvalue weighted by Crippen LogP contribution is -2.44. The van der Waals surface area contributed by atoms with Crippen LogP contribution in [0.4, 0.5) is 0 Å². The third-order valence-electron chi connectivity index (χ3n) is 1.79. The van der Waals surface area contributed by atoms with Gasteiger partial charge in [-0.05, 0) is 0 Å². The fourth-order valence-corrected chi connectivity index (χ4v) is 1.02. The predicted octanol–water partition coefficient (Wildman–Crippen LogP) is -1.62. The number of rotatable bonds is 7. The average molecular weight is 246 g/mol. The molecular weight excluding hydrogens is 232 g/mol. The second-order valence-corrected chi connectivity index (χ2v) is 3.21. The van der Waals surface area contributed by atoms with E-state index < -0.39 is 36.2 Å². The van der Waals surface area contributed by atoms with Crippen molar-refractivity contribution in [2.75, 3.05) is 7.11 Å². The monoisotopic (exact) mass is 246 g/mol. The van der Waals surface area contributed by atoms with Crippen LogP contribution < -0.4 is 11.1 Å². The van der Waals surface area contributed by atoms with Crippen molar-refractivity contribution >= 4 is 23.8 Å². The Morgan fingerprint density at radius 2 is 1.88 bits per heavy atom. The highest BCUT2D eigenvalue weighted by Crippen LogP contribution is 1.97. The number of methoxy groups -OCH3 is 1. The average Bonchev–Trinajstić information content (AvgIpc) is 2.23. The minimum atomic E-state index is -1.18. The maximum atomic E-state index is 11.2. The van der Waals surface area contributed by atoms with Crippen molar-refractivity contribution in [3.05, 3.63) is 0 Å². The molecular formula is C9H14N2O6. The van der Waals surface area contributed by atoms with Gasteiger partial charge in [-0.2, -0.15) is 0 Å². The second-order valence-electron chi connectivity index (χ2n) is 3.21. The first-order valence-corrected chi connectivity index (χ1v) is 4.74. The van der Waals surface area contributed by atoms with Gasteiger partial charge in [-0.25, -0.2) is 4.79 Å². The van der Waals surface area contributed by atoms with Gasteiger partial charge in [0.1, 0.15) is 6.04 Å². The van der Waals surface area contributed by atoms with Crippen molar-refractivity contribution in [3.63, 3.8) is 0 Å². The first-order valence-electron chi connectivity index (χ1n) is 4.74. The molecule has 8 nitrogen and oxygen atoms in total. The quantitative estimate of drug-likeness (QED) is 0.462. The number of esters is 1. The molecule has 0 aromatic carbocycles. The summed E-state index contributed by atoms with van der Waals surface area (Å²) >= 11 is 0. The lowest BCUT2D eigenvalue weighted by atomic mass is 10.2. The first kappa shape index (κ1) is 14.9. The molecule has 0 heterocycles. The molecule has 0 rings (SSSR count). The minimum absolute atomic E-state index is 0.290. The zero-order chi connectivity index (χ0) is 13.4. The zero-order valence-electron chi connectivity index (χ0n) is 9.26. The molecule has 0 aliphatic carbocycles. The number of hydrogen-bond donors (Lipinski definition) is 3. The van der Waals surface area contributed by atoms with Crippen LogP contribution in [-0.2, 0) is 23.9 Å². The Balaban J connectivity index is 4.32. The van der Waals surface area contributed by atoms with Crippen LogP contribution in [0.5, 0.6) is 0 Å². The van der Waals surface area contributed by atoms with Gasteiger partial charge in [0, 0.05) is 6.42 Å². The highest BCUT2D eigenvalue weighted by Gasteiger charge is 2.23. The van der Waals surface area contributed by atoms with Crippen LogP contribution in [0.3, 0.4) is 0 Å². The molecule has 0 aliphatic heterocycles. The van der Waals surface area contributed by atoms with E-state index in [-0.39, 0.29) is 12.8 Å². The highest BCUT2D eigenvalue weighted by atomic mass is 16.5. The molecule has 0 aromatic rings. The third-order valence-corrected chi connectivity index (χ3v) is 1.79. The fourth-order valence-electron chi connectivity index (χ4n) is 1.02. The number of primary amides is 1. The topological polar surface area (TPSA) is 136 Å². The van der Waals surface area contributed by atoms with Gasteiger partial charge >= 0.3 is 11.9 Å². The number of aliphatic carboxylic acids is 1. The molecule has 1 atom stereocenters. The number of ether oxygens (including phenoxy) is 1. The summed E-state index contributed by atoms with van der Waals surface area (Å²) in [6.45, 7) is 0. The minimum Gasteiger partial charge on any atom is -0.481 e. The molecule has 0 radical (unpaired) electrons. The van der Waals surface area contributed by atoms with Crippen LogP contribution in [0, 0.1) is 0 Å². The molecule has 0 aromatic heterocycles. The van der Waals surface area contributed by atoms with E-state index in [2.05, 4.69) is 10.1 Å². The standard InChI is InChI=1S/C9H14N2O6/c1-17-9(16)5(4-6(10)12)11-7(13)2-3-8(14)15/h5H,2-4H2,1H3,(H2,10,12)(H,11,13)(H,14,15). The molecule has 17 heavy (non-hydrogen) atoms. The van der Waals surface area contributed by atoms with E-state index in [4.69, 9.17) is 10.8 Å². The Kier molecular flexibility index (Phi) is 6.30. The van der Waals surface area contributed by atoms with E-state index in [1.54, 1.807) is 0 Å². The first-order chi connectivity index (χ1) is 7.86. The Morgan fingerprint density at radius 3 is 2.29 bits per heavy atom. The van der Waals surface area contributed by atoms with Crippen LogP contribution in [0.15, 0.2) is 0 Å². The number of hydrogen-bond acceptors (Lipinski definition) is 5. The van der Waals surface area contributed by atoms with Crippen molar-refractivity contribution in [1.29, 1.82) is 0 Å². The Morgan fingerprint density at radius 1 is 1.29 bits per heavy atom. The zero-order valence-corrected chi connectivity index (χ0v) is 9.26. The van der Waals surface area contributed by atoms with E-state index in [0.717, 1.165) is 7.11 Å². The Labute approximate surface area is 97.1 Å². The van der Waals surface area contributed by atoms with Crippen LogP contribution >= 0.6 is 0 Å². The molecule has 4 N–H and O–H groups in total. The molecule has 0 aliphatic rings. The number of carboxylic acids is 1. The van der Waals surface area contributed by atoms with Crippen molar-refractivity contribution in [2.24, 2.45) is 5.73 Å². The summed E-state index contributed by atoms with van der Waals surface area (Å²) in [5.41, 5.74) is 4.89. The van der Waals surface area contributed by atoms with Gasteiger partial charge in [-0.1, -0.05) is 0 Å². The van der Waals surface area contributed by atoms with E-state index >= 15 is 0 Å². The summed E-state index contributed by atoms with van der Waals surface area (Å²) in [5.74, 6) is -3.39. The summed E-state index contributed by atoms with van der Waals surface area (Å²) in [4.78, 5) is 43.2. The number of nitrogens with two attached hydrogens (primary N) is 1. The SMILES string of the molecule is COC(=O)C(CC(N)=O)NC(=O)CCC(=O)O. The van der Waals surface area contributed by atoms with Crippen molar-refractivity contribution in [2.45, 2.75) is 25.3 Å². The fraction of sp³-hybridized carbons (Fsp3) is 0.556. The lowest BCUT2D eigenvalue weighted by Gasteiger charge is -2.14. The Bertz CT molecular complexity index is 327. The van der Waals surface area contributed by atoms with Crippen molar-refractivity contribution in [3.8, 4) is 0 Å². The summed E-state index contributed by atoms with van der Waals surface area (Å²) in [7, 11) is 1.10. The number of nitrogens with one attached hydrogen (secondary N) is 1. The van der Waals surface area contributed by atoms with E-state index in [0.29, 0.717) is 0 Å². The predicted molar refractivity (Wildman–Crippen MR) is 54.6 cm³/mol. The van der Waals surface area contributed by atoms with Gasteiger partial charge in [0.2, 0.25) is 11.8 Å². The summed E-state index contributed by atoms with van der Waals surface area (Å²) < 4.78 is 4.36. The molecule has 0 saturated carbocycles. The molecule has 1 unspecified atom stereocenters. The second kappa shape index (κ2) is 7.20. The largest absolute Gasteiger partial charge is 0.481 e. The summed E-state index contributed by atoms with van der Waals surface area (Å²) in [6, 6.07) is -1.18. The molecule has 8 heteroatoms. The van der Waals surface area contributed by atoms with E-state index in [1.807, 2.05) is 0 Å². The molecule has 0 bridgehead atoms. The molecule has 96 valence electrons. The van der Waals surface area contributed by atoms with Gasteiger partial charge in [-0.3, -0.25) is 14.4 Å². The highest BCUT2D eigenvalue weighted by molar-refractivity contribution is 5.89. The van der Waals surface area contributed by atoms with Crippen LogP contribution in [0.1, 0.15) is 19.3 Å². The van der Waals surface area contributed by atoms with Crippen LogP contribution in [0.25, 0.3) is 0 Å². The number of amides is 2. The van der Waals surface area contributed by atoms with Crippen molar-refractivity contribution in [1.82, 2.24) is 5.32 Å². The molecule has 2 amide bonds. The molecule has 0 fully saturated rings. The van der Waals surface area contributed by atoms with Gasteiger partial charge in [0.05, 0.1) is 20.0 Å². The number of carboxylic acid groups (broad SMARTS) is 1. The van der Waals surface area contributed by atoms with E-state index in [9.17, 15) is 19.2 Å². The summed E-state index contributed by atoms with van der Waals surface area (Å²) in [6.07, 6.45) is -1.05.